The summed E-state index contributed by atoms with van der Waals surface area (Å²) in [6.45, 7) is 1.91. The third-order valence-electron chi connectivity index (χ3n) is 5.52. The van der Waals surface area contributed by atoms with Gasteiger partial charge in [-0.05, 0) is 18.4 Å². The number of halogens is 2. The smallest absolute Gasteiger partial charge is 0.206 e. The number of alkyl halides is 2. The third kappa shape index (κ3) is 1.18. The maximum Gasteiger partial charge on any atom is 0.255 e. The van der Waals surface area contributed by atoms with Crippen LogP contribution in [0.2, 0.25) is 0 Å². The molecule has 4 heteroatoms. The molecule has 20 heavy (non-hydrogen) atoms. The second-order valence-corrected chi connectivity index (χ2v) is 6.34. The van der Waals surface area contributed by atoms with Crippen LogP contribution >= 0.6 is 0 Å². The number of hydrogen-bond acceptors (Lipinski definition) is 2. The number of fused-ring (bicyclic) bond motifs is 3. The van der Waals surface area contributed by atoms with E-state index in [9.17, 15) is 8.78 Å². The third-order valence-corrected chi connectivity index (χ3v) is 5.52. The van der Waals surface area contributed by atoms with Crippen LogP contribution in [0.15, 0.2) is 40.5 Å². The molecule has 1 spiro atoms. The first-order valence-corrected chi connectivity index (χ1v) is 7.08. The Bertz CT molecular complexity index is 623. The summed E-state index contributed by atoms with van der Waals surface area (Å²) in [5.41, 5.74) is 0.145. The van der Waals surface area contributed by atoms with Crippen molar-refractivity contribution in [3.63, 3.8) is 0 Å². The van der Waals surface area contributed by atoms with Crippen LogP contribution < -0.4 is 0 Å². The molecule has 0 aromatic heterocycles. The van der Waals surface area contributed by atoms with Crippen LogP contribution in [0.3, 0.4) is 0 Å². The monoisotopic (exact) mass is 274 g/mol. The molecule has 0 amide bonds. The molecular formula is C16H16F2N2. The number of rotatable bonds is 1. The minimum Gasteiger partial charge on any atom is -0.206 e. The standard InChI is InChI=1S/C16H16F2N2/c1-14-10-19-20-12(11-6-3-2-4-7-11)13(14)15(14)8-5-9-16(15,17)18/h2-4,6-7,10,13H,5,8-9H2,1H3/t13-,14+,15+/m1/s1. The van der Waals surface area contributed by atoms with Crippen LogP contribution in [0.1, 0.15) is 31.7 Å². The largest absolute Gasteiger partial charge is 0.255 e. The van der Waals surface area contributed by atoms with Crippen LogP contribution in [0.5, 0.6) is 0 Å². The maximum absolute atomic E-state index is 14.5. The van der Waals surface area contributed by atoms with E-state index in [0.29, 0.717) is 12.8 Å². The van der Waals surface area contributed by atoms with E-state index in [2.05, 4.69) is 10.2 Å². The zero-order valence-corrected chi connectivity index (χ0v) is 11.3. The van der Waals surface area contributed by atoms with E-state index in [0.717, 1.165) is 11.3 Å². The van der Waals surface area contributed by atoms with Crippen LogP contribution in [0.25, 0.3) is 0 Å². The Kier molecular flexibility index (Phi) is 2.16. The molecule has 1 heterocycles. The molecule has 1 aromatic carbocycles. The summed E-state index contributed by atoms with van der Waals surface area (Å²) in [7, 11) is 0. The molecule has 2 aliphatic carbocycles. The molecule has 2 nitrogen and oxygen atoms in total. The first-order chi connectivity index (χ1) is 9.53. The summed E-state index contributed by atoms with van der Waals surface area (Å²) in [6.07, 6.45) is 2.81. The number of nitrogens with zero attached hydrogens (tertiary/aromatic N) is 2. The molecular weight excluding hydrogens is 258 g/mol. The Morgan fingerprint density at radius 2 is 1.90 bits per heavy atom. The van der Waals surface area contributed by atoms with Gasteiger partial charge in [0, 0.05) is 24.0 Å². The minimum absolute atomic E-state index is 0.00496. The lowest BCUT2D eigenvalue weighted by Crippen LogP contribution is -2.29. The molecule has 0 unspecified atom stereocenters. The first kappa shape index (κ1) is 12.2. The Balaban J connectivity index is 1.83. The fourth-order valence-corrected chi connectivity index (χ4v) is 4.54. The van der Waals surface area contributed by atoms with Crippen molar-refractivity contribution in [3.8, 4) is 0 Å². The summed E-state index contributed by atoms with van der Waals surface area (Å²) in [5, 5.41) is 8.25. The Morgan fingerprint density at radius 1 is 1.15 bits per heavy atom. The van der Waals surface area contributed by atoms with Gasteiger partial charge in [0.15, 0.2) is 0 Å². The maximum atomic E-state index is 14.5. The van der Waals surface area contributed by atoms with E-state index >= 15 is 0 Å². The van der Waals surface area contributed by atoms with Crippen molar-refractivity contribution in [1.29, 1.82) is 0 Å². The number of benzene rings is 1. The summed E-state index contributed by atoms with van der Waals surface area (Å²) in [6, 6.07) is 9.60. The van der Waals surface area contributed by atoms with E-state index in [1.54, 1.807) is 6.21 Å². The lowest BCUT2D eigenvalue weighted by molar-refractivity contribution is -0.0618. The quantitative estimate of drug-likeness (QED) is 0.741. The molecule has 3 aliphatic rings. The molecule has 2 fully saturated rings. The van der Waals surface area contributed by atoms with E-state index in [1.165, 1.54) is 0 Å². The van der Waals surface area contributed by atoms with E-state index in [-0.39, 0.29) is 12.3 Å². The SMILES string of the molecule is C[C@]12C=NN=C(c3ccccc3)[C@H]1[C@@]21CCCC1(F)F. The first-order valence-electron chi connectivity index (χ1n) is 7.08. The highest BCUT2D eigenvalue weighted by molar-refractivity contribution is 6.09. The van der Waals surface area contributed by atoms with Gasteiger partial charge in [-0.3, -0.25) is 0 Å². The van der Waals surface area contributed by atoms with Gasteiger partial charge in [0.2, 0.25) is 0 Å². The van der Waals surface area contributed by atoms with Gasteiger partial charge in [-0.25, -0.2) is 8.78 Å². The van der Waals surface area contributed by atoms with Gasteiger partial charge < -0.3 is 0 Å². The molecule has 4 rings (SSSR count). The fourth-order valence-electron chi connectivity index (χ4n) is 4.54. The van der Waals surface area contributed by atoms with E-state index in [1.807, 2.05) is 37.3 Å². The van der Waals surface area contributed by atoms with Crippen molar-refractivity contribution in [1.82, 2.24) is 0 Å². The molecule has 0 radical (unpaired) electrons. The average molecular weight is 274 g/mol. The highest BCUT2D eigenvalue weighted by Gasteiger charge is 2.85. The summed E-state index contributed by atoms with van der Waals surface area (Å²) >= 11 is 0. The van der Waals surface area contributed by atoms with Gasteiger partial charge in [-0.2, -0.15) is 10.2 Å². The molecule has 1 aromatic rings. The van der Waals surface area contributed by atoms with Gasteiger partial charge in [0.25, 0.3) is 5.92 Å². The van der Waals surface area contributed by atoms with Gasteiger partial charge in [0.1, 0.15) is 0 Å². The predicted octanol–water partition coefficient (Wildman–Crippen LogP) is 3.92. The fraction of sp³-hybridized carbons (Fsp3) is 0.500. The lowest BCUT2D eigenvalue weighted by atomic mass is 9.90. The van der Waals surface area contributed by atoms with Crippen molar-refractivity contribution < 1.29 is 8.78 Å². The molecule has 1 aliphatic heterocycles. The van der Waals surface area contributed by atoms with Crippen LogP contribution in [-0.2, 0) is 0 Å². The minimum atomic E-state index is -2.61. The second kappa shape index (κ2) is 3.54. The average Bonchev–Trinajstić information content (AvgIpc) is 2.85. The van der Waals surface area contributed by atoms with Gasteiger partial charge in [0.05, 0.1) is 11.1 Å². The van der Waals surface area contributed by atoms with E-state index in [4.69, 9.17) is 0 Å². The van der Waals surface area contributed by atoms with Gasteiger partial charge in [-0.15, -0.1) is 0 Å². The molecule has 104 valence electrons. The summed E-state index contributed by atoms with van der Waals surface area (Å²) in [4.78, 5) is 0. The van der Waals surface area contributed by atoms with Crippen LogP contribution in [0, 0.1) is 16.7 Å². The zero-order valence-electron chi connectivity index (χ0n) is 11.3. The van der Waals surface area contributed by atoms with Crippen LogP contribution in [-0.4, -0.2) is 17.8 Å². The topological polar surface area (TPSA) is 24.7 Å². The lowest BCUT2D eigenvalue weighted by Gasteiger charge is -2.22. The van der Waals surface area contributed by atoms with E-state index < -0.39 is 16.8 Å². The number of hydrogen-bond donors (Lipinski definition) is 0. The van der Waals surface area contributed by atoms with Crippen molar-refractivity contribution in [2.24, 2.45) is 27.0 Å². The summed E-state index contributed by atoms with van der Waals surface area (Å²) in [5.74, 6) is -2.81. The molecule has 0 bridgehead atoms. The van der Waals surface area contributed by atoms with Crippen LogP contribution in [0.4, 0.5) is 8.78 Å². The normalized spacial score (nSPS) is 40.5. The molecule has 0 saturated heterocycles. The van der Waals surface area contributed by atoms with Gasteiger partial charge in [-0.1, -0.05) is 37.3 Å². The molecule has 3 atom stereocenters. The Labute approximate surface area is 116 Å². The van der Waals surface area contributed by atoms with Gasteiger partial charge >= 0.3 is 0 Å². The molecule has 0 N–H and O–H groups in total. The highest BCUT2D eigenvalue weighted by atomic mass is 19.3. The second-order valence-electron chi connectivity index (χ2n) is 6.34. The van der Waals surface area contributed by atoms with Crippen molar-refractivity contribution in [3.05, 3.63) is 35.9 Å². The van der Waals surface area contributed by atoms with Crippen molar-refractivity contribution >= 4 is 11.9 Å². The van der Waals surface area contributed by atoms with Crippen molar-refractivity contribution in [2.75, 3.05) is 0 Å². The highest BCUT2D eigenvalue weighted by Crippen LogP contribution is 2.80. The Morgan fingerprint density at radius 3 is 2.55 bits per heavy atom. The zero-order chi connectivity index (χ0) is 14.0. The summed E-state index contributed by atoms with van der Waals surface area (Å²) < 4.78 is 29.0. The Hall–Kier alpha value is -1.58. The van der Waals surface area contributed by atoms with Crippen molar-refractivity contribution in [2.45, 2.75) is 32.1 Å². The predicted molar refractivity (Wildman–Crippen MR) is 74.3 cm³/mol. The molecule has 2 saturated carbocycles.